The van der Waals surface area contributed by atoms with Crippen molar-refractivity contribution in [1.82, 2.24) is 15.6 Å². The largest absolute Gasteiger partial charge is 0.480 e. The Balaban J connectivity index is 2.00. The zero-order valence-corrected chi connectivity index (χ0v) is 18.5. The topological polar surface area (TPSA) is 167 Å². The number of rotatable bonds is 8. The first kappa shape index (κ1) is 24.8. The summed E-state index contributed by atoms with van der Waals surface area (Å²) in [5.74, 6) is -2.77. The number of aliphatic carboxylic acids is 1. The number of hydrogen-bond donors (Lipinski definition) is 5. The van der Waals surface area contributed by atoms with Crippen LogP contribution in [0, 0.1) is 0 Å². The highest BCUT2D eigenvalue weighted by molar-refractivity contribution is 7.13. The number of benzene rings is 1. The van der Waals surface area contributed by atoms with Crippen molar-refractivity contribution in [3.8, 4) is 10.6 Å². The highest BCUT2D eigenvalue weighted by atomic mass is 32.1. The lowest BCUT2D eigenvalue weighted by molar-refractivity contribution is -0.138. The fraction of sp³-hybridized carbons (Fsp3) is 0.350. The molecule has 3 amide bonds. The maximum Gasteiger partial charge on any atom is 0.412 e. The Morgan fingerprint density at radius 1 is 1.16 bits per heavy atom. The second-order valence-electron chi connectivity index (χ2n) is 7.56. The number of hydrogen-bond acceptors (Lipinski definition) is 8. The number of aromatic nitrogens is 1. The van der Waals surface area contributed by atoms with Crippen LogP contribution >= 0.6 is 11.3 Å². The maximum atomic E-state index is 12.4. The molecule has 1 aromatic heterocycles. The summed E-state index contributed by atoms with van der Waals surface area (Å²) < 4.78 is 5.19. The van der Waals surface area contributed by atoms with Crippen LogP contribution < -0.4 is 16.0 Å². The van der Waals surface area contributed by atoms with Gasteiger partial charge in [-0.25, -0.2) is 9.78 Å². The van der Waals surface area contributed by atoms with Gasteiger partial charge in [0.2, 0.25) is 5.91 Å². The summed E-state index contributed by atoms with van der Waals surface area (Å²) in [5, 5.41) is 26.9. The molecule has 0 fully saturated rings. The van der Waals surface area contributed by atoms with E-state index in [0.29, 0.717) is 16.3 Å². The third-order valence-electron chi connectivity index (χ3n) is 3.73. The highest BCUT2D eigenvalue weighted by Crippen LogP contribution is 2.25. The van der Waals surface area contributed by atoms with Gasteiger partial charge in [0.15, 0.2) is 0 Å². The van der Waals surface area contributed by atoms with Crippen LogP contribution in [0.1, 0.15) is 31.3 Å². The zero-order chi connectivity index (χ0) is 23.9. The van der Waals surface area contributed by atoms with Gasteiger partial charge in [0.25, 0.3) is 5.91 Å². The van der Waals surface area contributed by atoms with Gasteiger partial charge in [0, 0.05) is 16.6 Å². The first-order valence-electron chi connectivity index (χ1n) is 9.45. The lowest BCUT2D eigenvalue weighted by atomic mass is 10.2. The minimum absolute atomic E-state index is 0.0328. The molecule has 1 unspecified atom stereocenters. The molecule has 1 aromatic carbocycles. The molecule has 1 heterocycles. The molecule has 0 bridgehead atoms. The van der Waals surface area contributed by atoms with Gasteiger partial charge in [0.05, 0.1) is 6.61 Å². The van der Waals surface area contributed by atoms with E-state index in [1.165, 1.54) is 16.7 Å². The molecule has 172 valence electrons. The Bertz CT molecular complexity index is 983. The lowest BCUT2D eigenvalue weighted by Gasteiger charge is -2.19. The second-order valence-corrected chi connectivity index (χ2v) is 8.42. The lowest BCUT2D eigenvalue weighted by Crippen LogP contribution is -2.49. The molecular weight excluding hydrogens is 440 g/mol. The smallest absolute Gasteiger partial charge is 0.412 e. The number of anilines is 1. The number of carboxylic acid groups (broad SMARTS) is 1. The van der Waals surface area contributed by atoms with Gasteiger partial charge in [-0.15, -0.1) is 11.3 Å². The average molecular weight is 465 g/mol. The van der Waals surface area contributed by atoms with Crippen molar-refractivity contribution in [2.75, 3.05) is 18.5 Å². The van der Waals surface area contributed by atoms with Crippen molar-refractivity contribution in [3.05, 3.63) is 35.3 Å². The molecule has 5 N–H and O–H groups in total. The molecule has 2 rings (SSSR count). The number of amides is 3. The van der Waals surface area contributed by atoms with E-state index in [1.807, 2.05) is 0 Å². The highest BCUT2D eigenvalue weighted by Gasteiger charge is 2.22. The Kier molecular flexibility index (Phi) is 8.27. The second kappa shape index (κ2) is 10.7. The molecule has 11 nitrogen and oxygen atoms in total. The Hall–Kier alpha value is -3.51. The molecule has 0 spiro atoms. The number of ether oxygens (including phenoxy) is 1. The molecule has 0 radical (unpaired) electrons. The van der Waals surface area contributed by atoms with Crippen LogP contribution in [0.5, 0.6) is 0 Å². The van der Waals surface area contributed by atoms with E-state index >= 15 is 0 Å². The van der Waals surface area contributed by atoms with Crippen LogP contribution in [0.25, 0.3) is 10.6 Å². The van der Waals surface area contributed by atoms with Crippen LogP contribution in [0.2, 0.25) is 0 Å². The third kappa shape index (κ3) is 7.63. The minimum Gasteiger partial charge on any atom is -0.480 e. The molecular formula is C20H24N4O7S. The summed E-state index contributed by atoms with van der Waals surface area (Å²) in [6.07, 6.45) is -0.579. The van der Waals surface area contributed by atoms with Crippen LogP contribution in [0.4, 0.5) is 10.5 Å². The van der Waals surface area contributed by atoms with Gasteiger partial charge < -0.3 is 25.6 Å². The normalized spacial score (nSPS) is 11.9. The standard InChI is InChI=1S/C20H24N4O7S/c1-20(2,3)31-19(30)22-12-6-4-11(5-7-12)18-24-14(10-32-18)17(29)23-13(9-25)16(28)21-8-15(26)27/h4-7,10,13,25H,8-9H2,1-3H3,(H,21,28)(H,22,30)(H,23,29)(H,26,27). The van der Waals surface area contributed by atoms with Gasteiger partial charge in [-0.05, 0) is 45.0 Å². The van der Waals surface area contributed by atoms with E-state index in [0.717, 1.165) is 0 Å². The van der Waals surface area contributed by atoms with Crippen molar-refractivity contribution >= 4 is 40.9 Å². The Labute approximate surface area is 187 Å². The van der Waals surface area contributed by atoms with Crippen molar-refractivity contribution in [2.45, 2.75) is 32.4 Å². The number of thiazole rings is 1. The van der Waals surface area contributed by atoms with Crippen LogP contribution in [0.15, 0.2) is 29.6 Å². The first-order chi connectivity index (χ1) is 15.0. The van der Waals surface area contributed by atoms with Crippen molar-refractivity contribution in [2.24, 2.45) is 0 Å². The average Bonchev–Trinajstić information content (AvgIpc) is 3.19. The summed E-state index contributed by atoms with van der Waals surface area (Å²) >= 11 is 1.19. The van der Waals surface area contributed by atoms with Gasteiger partial charge >= 0.3 is 12.1 Å². The van der Waals surface area contributed by atoms with E-state index in [9.17, 15) is 24.3 Å². The van der Waals surface area contributed by atoms with Crippen molar-refractivity contribution in [3.63, 3.8) is 0 Å². The number of carbonyl (C=O) groups excluding carboxylic acids is 3. The van der Waals surface area contributed by atoms with E-state index < -0.39 is 48.7 Å². The number of aliphatic hydroxyl groups is 1. The minimum atomic E-state index is -1.31. The van der Waals surface area contributed by atoms with Crippen LogP contribution in [-0.4, -0.2) is 63.9 Å². The van der Waals surface area contributed by atoms with Crippen LogP contribution in [0.3, 0.4) is 0 Å². The van der Waals surface area contributed by atoms with Gasteiger partial charge in [-0.1, -0.05) is 0 Å². The molecule has 0 aliphatic heterocycles. The van der Waals surface area contributed by atoms with Crippen LogP contribution in [-0.2, 0) is 14.3 Å². The maximum absolute atomic E-state index is 12.4. The summed E-state index contributed by atoms with van der Waals surface area (Å²) in [4.78, 5) is 50.8. The van der Waals surface area contributed by atoms with E-state index in [-0.39, 0.29) is 5.69 Å². The van der Waals surface area contributed by atoms with Gasteiger partial charge in [0.1, 0.15) is 28.9 Å². The number of nitrogens with zero attached hydrogens (tertiary/aromatic N) is 1. The number of nitrogens with one attached hydrogen (secondary N) is 3. The van der Waals surface area contributed by atoms with Crippen molar-refractivity contribution < 1.29 is 34.1 Å². The zero-order valence-electron chi connectivity index (χ0n) is 17.7. The number of aliphatic hydroxyl groups excluding tert-OH is 1. The SMILES string of the molecule is CC(C)(C)OC(=O)Nc1ccc(-c2nc(C(=O)NC(CO)C(=O)NCC(=O)O)cs2)cc1. The van der Waals surface area contributed by atoms with E-state index in [4.69, 9.17) is 9.84 Å². The fourth-order valence-electron chi connectivity index (χ4n) is 2.34. The molecule has 0 saturated carbocycles. The van der Waals surface area contributed by atoms with E-state index in [2.05, 4.69) is 20.9 Å². The molecule has 0 saturated heterocycles. The molecule has 32 heavy (non-hydrogen) atoms. The monoisotopic (exact) mass is 464 g/mol. The van der Waals surface area contributed by atoms with Gasteiger partial charge in [-0.3, -0.25) is 19.7 Å². The Morgan fingerprint density at radius 2 is 1.81 bits per heavy atom. The molecule has 0 aliphatic carbocycles. The summed E-state index contributed by atoms with van der Waals surface area (Å²) in [6, 6.07) is 5.43. The molecule has 0 aliphatic rings. The molecule has 2 aromatic rings. The summed E-state index contributed by atoms with van der Waals surface area (Å²) in [5.41, 5.74) is 0.635. The fourth-order valence-corrected chi connectivity index (χ4v) is 3.15. The number of carbonyl (C=O) groups is 4. The molecule has 12 heteroatoms. The predicted molar refractivity (Wildman–Crippen MR) is 116 cm³/mol. The number of carboxylic acids is 1. The molecule has 1 atom stereocenters. The summed E-state index contributed by atoms with van der Waals surface area (Å²) in [6.45, 7) is 3.94. The van der Waals surface area contributed by atoms with Crippen molar-refractivity contribution in [1.29, 1.82) is 0 Å². The first-order valence-corrected chi connectivity index (χ1v) is 10.3. The predicted octanol–water partition coefficient (Wildman–Crippen LogP) is 1.45. The van der Waals surface area contributed by atoms with Gasteiger partial charge in [-0.2, -0.15) is 0 Å². The Morgan fingerprint density at radius 3 is 2.38 bits per heavy atom. The summed E-state index contributed by atoms with van der Waals surface area (Å²) in [7, 11) is 0. The quantitative estimate of drug-likeness (QED) is 0.391. The van der Waals surface area contributed by atoms with E-state index in [1.54, 1.807) is 45.0 Å². The third-order valence-corrected chi connectivity index (χ3v) is 4.62.